The molecule has 1 atom stereocenters. The maximum Gasteiger partial charge on any atom is 0.318 e. The second kappa shape index (κ2) is 5.13. The molecule has 5 heteroatoms. The molecule has 3 amide bonds. The number of hydrogen-bond donors (Lipinski definition) is 2. The van der Waals surface area contributed by atoms with E-state index in [0.29, 0.717) is 12.8 Å². The highest BCUT2D eigenvalue weighted by Gasteiger charge is 2.17. The van der Waals surface area contributed by atoms with Gasteiger partial charge in [-0.2, -0.15) is 5.26 Å². The lowest BCUT2D eigenvalue weighted by molar-refractivity contribution is -0.122. The molecule has 0 heterocycles. The molecule has 0 radical (unpaired) electrons. The molecule has 5 nitrogen and oxygen atoms in total. The quantitative estimate of drug-likeness (QED) is 0.628. The van der Waals surface area contributed by atoms with Gasteiger partial charge in [0.2, 0.25) is 5.91 Å². The van der Waals surface area contributed by atoms with Crippen LogP contribution in [0.1, 0.15) is 19.8 Å². The molecule has 66 valence electrons. The van der Waals surface area contributed by atoms with Crippen molar-refractivity contribution in [2.24, 2.45) is 11.7 Å². The number of nitrogens with two attached hydrogens (primary N) is 1. The van der Waals surface area contributed by atoms with Gasteiger partial charge in [-0.25, -0.2) is 4.79 Å². The molecule has 0 fully saturated rings. The van der Waals surface area contributed by atoms with Gasteiger partial charge < -0.3 is 5.73 Å². The van der Waals surface area contributed by atoms with Gasteiger partial charge in [0.15, 0.2) is 0 Å². The average molecular weight is 169 g/mol. The van der Waals surface area contributed by atoms with Crippen LogP contribution in [0.3, 0.4) is 0 Å². The molecule has 0 aliphatic carbocycles. The molecule has 3 N–H and O–H groups in total. The summed E-state index contributed by atoms with van der Waals surface area (Å²) in [6.45, 7) is 1.85. The number of nitrogens with one attached hydrogen (secondary N) is 1. The van der Waals surface area contributed by atoms with E-state index in [4.69, 9.17) is 11.0 Å². The van der Waals surface area contributed by atoms with Crippen LogP contribution in [-0.2, 0) is 4.79 Å². The van der Waals surface area contributed by atoms with Crippen LogP contribution in [0.4, 0.5) is 4.79 Å². The van der Waals surface area contributed by atoms with E-state index in [1.165, 1.54) is 0 Å². The van der Waals surface area contributed by atoms with Gasteiger partial charge in [-0.15, -0.1) is 0 Å². The number of rotatable bonds is 3. The number of amides is 3. The second-order valence-electron chi connectivity index (χ2n) is 2.32. The third kappa shape index (κ3) is 3.56. The van der Waals surface area contributed by atoms with Gasteiger partial charge in [0.25, 0.3) is 0 Å². The lowest BCUT2D eigenvalue weighted by Gasteiger charge is -2.04. The van der Waals surface area contributed by atoms with Crippen LogP contribution < -0.4 is 11.1 Å². The smallest absolute Gasteiger partial charge is 0.318 e. The Morgan fingerprint density at radius 2 is 2.25 bits per heavy atom. The molecular weight excluding hydrogens is 158 g/mol. The Balaban J connectivity index is 4.05. The summed E-state index contributed by atoms with van der Waals surface area (Å²) in [6, 6.07) is 0.868. The summed E-state index contributed by atoms with van der Waals surface area (Å²) >= 11 is 0. The summed E-state index contributed by atoms with van der Waals surface area (Å²) in [4.78, 5) is 21.2. The van der Waals surface area contributed by atoms with Gasteiger partial charge >= 0.3 is 6.03 Å². The Kier molecular flexibility index (Phi) is 4.46. The van der Waals surface area contributed by atoms with Crippen LogP contribution in [-0.4, -0.2) is 11.9 Å². The summed E-state index contributed by atoms with van der Waals surface area (Å²) in [5.41, 5.74) is 4.70. The number of primary amides is 1. The number of nitrogens with zero attached hydrogens (tertiary/aromatic N) is 1. The number of nitriles is 1. The molecular formula is C7H11N3O2. The molecule has 0 bridgehead atoms. The monoisotopic (exact) mass is 169 g/mol. The molecule has 0 aromatic carbocycles. The summed E-state index contributed by atoms with van der Waals surface area (Å²) in [5.74, 6) is -1.39. The number of carbonyl (C=O) groups excluding carboxylic acids is 2. The molecule has 0 saturated carbocycles. The minimum atomic E-state index is -0.920. The minimum absolute atomic E-state index is 0.440. The van der Waals surface area contributed by atoms with E-state index in [-0.39, 0.29) is 0 Å². The maximum atomic E-state index is 10.9. The standard InChI is InChI=1S/C7H11N3O2/c1-2-3-5(4-8)6(11)10-7(9)12/h5H,2-3H2,1H3,(H3,9,10,11,12). The predicted molar refractivity (Wildman–Crippen MR) is 41.7 cm³/mol. The first kappa shape index (κ1) is 10.4. The normalized spacial score (nSPS) is 11.3. The molecule has 1 unspecified atom stereocenters. The zero-order chi connectivity index (χ0) is 9.56. The lowest BCUT2D eigenvalue weighted by atomic mass is 10.1. The first-order valence-corrected chi connectivity index (χ1v) is 3.61. The van der Waals surface area contributed by atoms with Crippen molar-refractivity contribution in [3.05, 3.63) is 0 Å². The van der Waals surface area contributed by atoms with Crippen molar-refractivity contribution in [1.82, 2.24) is 5.32 Å². The summed E-state index contributed by atoms with van der Waals surface area (Å²) in [6.07, 6.45) is 1.15. The van der Waals surface area contributed by atoms with E-state index in [0.717, 1.165) is 0 Å². The number of urea groups is 1. The van der Waals surface area contributed by atoms with E-state index >= 15 is 0 Å². The molecule has 0 aliphatic rings. The first-order valence-electron chi connectivity index (χ1n) is 3.61. The number of hydrogen-bond acceptors (Lipinski definition) is 3. The Hall–Kier alpha value is -1.57. The van der Waals surface area contributed by atoms with Gasteiger partial charge in [-0.1, -0.05) is 13.3 Å². The van der Waals surface area contributed by atoms with Gasteiger partial charge in [0, 0.05) is 0 Å². The Labute approximate surface area is 70.5 Å². The summed E-state index contributed by atoms with van der Waals surface area (Å²) in [7, 11) is 0. The van der Waals surface area contributed by atoms with Crippen molar-refractivity contribution in [2.45, 2.75) is 19.8 Å². The fourth-order valence-corrected chi connectivity index (χ4v) is 0.751. The highest BCUT2D eigenvalue weighted by molar-refractivity contribution is 5.95. The van der Waals surface area contributed by atoms with Crippen molar-refractivity contribution >= 4 is 11.9 Å². The summed E-state index contributed by atoms with van der Waals surface area (Å²) in [5, 5.41) is 10.3. The van der Waals surface area contributed by atoms with Gasteiger partial charge in [-0.05, 0) is 6.42 Å². The van der Waals surface area contributed by atoms with Crippen molar-refractivity contribution in [3.8, 4) is 6.07 Å². The summed E-state index contributed by atoms with van der Waals surface area (Å²) < 4.78 is 0. The maximum absolute atomic E-state index is 10.9. The second-order valence-corrected chi connectivity index (χ2v) is 2.32. The molecule has 12 heavy (non-hydrogen) atoms. The van der Waals surface area contributed by atoms with E-state index in [9.17, 15) is 9.59 Å². The third-order valence-electron chi connectivity index (χ3n) is 1.30. The van der Waals surface area contributed by atoms with E-state index in [1.807, 2.05) is 12.2 Å². The van der Waals surface area contributed by atoms with Crippen molar-refractivity contribution in [2.75, 3.05) is 0 Å². The SMILES string of the molecule is CCCC(C#N)C(=O)NC(N)=O. The molecule has 0 saturated heterocycles. The number of carbonyl (C=O) groups is 2. The van der Waals surface area contributed by atoms with Crippen molar-refractivity contribution in [3.63, 3.8) is 0 Å². The highest BCUT2D eigenvalue weighted by atomic mass is 16.2. The van der Waals surface area contributed by atoms with E-state index in [1.54, 1.807) is 6.07 Å². The van der Waals surface area contributed by atoms with Gasteiger partial charge in [0.1, 0.15) is 5.92 Å². The molecule has 0 aliphatic heterocycles. The molecule has 0 aromatic heterocycles. The predicted octanol–water partition coefficient (Wildman–Crippen LogP) is 0.121. The minimum Gasteiger partial charge on any atom is -0.351 e. The topological polar surface area (TPSA) is 96.0 Å². The fraction of sp³-hybridized carbons (Fsp3) is 0.571. The van der Waals surface area contributed by atoms with Crippen molar-refractivity contribution < 1.29 is 9.59 Å². The van der Waals surface area contributed by atoms with Crippen LogP contribution in [0.2, 0.25) is 0 Å². The number of imide groups is 1. The Morgan fingerprint density at radius 1 is 1.67 bits per heavy atom. The van der Waals surface area contributed by atoms with Gasteiger partial charge in [0.05, 0.1) is 6.07 Å². The first-order chi connectivity index (χ1) is 5.61. The van der Waals surface area contributed by atoms with Crippen molar-refractivity contribution in [1.29, 1.82) is 5.26 Å². The fourth-order valence-electron chi connectivity index (χ4n) is 0.751. The highest BCUT2D eigenvalue weighted by Crippen LogP contribution is 2.03. The van der Waals surface area contributed by atoms with Crippen LogP contribution >= 0.6 is 0 Å². The van der Waals surface area contributed by atoms with Gasteiger partial charge in [-0.3, -0.25) is 10.1 Å². The zero-order valence-electron chi connectivity index (χ0n) is 6.83. The van der Waals surface area contributed by atoms with E-state index < -0.39 is 17.9 Å². The van der Waals surface area contributed by atoms with E-state index in [2.05, 4.69) is 0 Å². The molecule has 0 spiro atoms. The van der Waals surface area contributed by atoms with Crippen LogP contribution in [0.25, 0.3) is 0 Å². The zero-order valence-corrected chi connectivity index (χ0v) is 6.83. The van der Waals surface area contributed by atoms with Crippen LogP contribution in [0.15, 0.2) is 0 Å². The Morgan fingerprint density at radius 3 is 2.58 bits per heavy atom. The Bertz CT molecular complexity index is 219. The molecule has 0 aromatic rings. The van der Waals surface area contributed by atoms with Crippen LogP contribution in [0.5, 0.6) is 0 Å². The third-order valence-corrected chi connectivity index (χ3v) is 1.30. The average Bonchev–Trinajstić information content (AvgIpc) is 1.98. The van der Waals surface area contributed by atoms with Crippen LogP contribution in [0, 0.1) is 17.2 Å². The molecule has 0 rings (SSSR count). The lowest BCUT2D eigenvalue weighted by Crippen LogP contribution is -2.38. The largest absolute Gasteiger partial charge is 0.351 e.